The van der Waals surface area contributed by atoms with Gasteiger partial charge in [-0.25, -0.2) is 0 Å². The van der Waals surface area contributed by atoms with E-state index < -0.39 is 0 Å². The van der Waals surface area contributed by atoms with Gasteiger partial charge < -0.3 is 25.2 Å². The predicted octanol–water partition coefficient (Wildman–Crippen LogP) is 2.44. The number of carbonyl (C=O) groups is 2. The molecule has 30 heavy (non-hydrogen) atoms. The fourth-order valence-electron chi connectivity index (χ4n) is 3.97. The number of hydrogen-bond donors (Lipinski definition) is 2. The van der Waals surface area contributed by atoms with Crippen molar-refractivity contribution in [3.8, 4) is 0 Å². The average Bonchev–Trinajstić information content (AvgIpc) is 2.78. The summed E-state index contributed by atoms with van der Waals surface area (Å²) < 4.78 is 5.46. The summed E-state index contributed by atoms with van der Waals surface area (Å²) in [6, 6.07) is 15.6. The van der Waals surface area contributed by atoms with Crippen molar-refractivity contribution in [3.05, 3.63) is 59.7 Å². The number of morpholine rings is 1. The van der Waals surface area contributed by atoms with Gasteiger partial charge in [0.05, 0.1) is 24.9 Å². The number of carbonyl (C=O) groups excluding carboxylic acids is 2. The molecule has 4 rings (SSSR count). The van der Waals surface area contributed by atoms with Crippen LogP contribution in [-0.4, -0.2) is 56.2 Å². The summed E-state index contributed by atoms with van der Waals surface area (Å²) in [5.74, 6) is -0.0451. The van der Waals surface area contributed by atoms with Crippen molar-refractivity contribution in [2.75, 3.05) is 43.6 Å². The Kier molecular flexibility index (Phi) is 6.18. The lowest BCUT2D eigenvalue weighted by atomic mass is 10.1. The number of amides is 2. The van der Waals surface area contributed by atoms with E-state index in [9.17, 15) is 9.59 Å². The summed E-state index contributed by atoms with van der Waals surface area (Å²) in [6.45, 7) is 3.74. The zero-order valence-electron chi connectivity index (χ0n) is 17.3. The Hall–Kier alpha value is -3.06. The van der Waals surface area contributed by atoms with Gasteiger partial charge in [-0.3, -0.25) is 9.59 Å². The van der Waals surface area contributed by atoms with Crippen molar-refractivity contribution in [1.82, 2.24) is 10.2 Å². The number of para-hydroxylation sites is 2. The molecule has 1 saturated heterocycles. The maximum absolute atomic E-state index is 12.8. The Bertz CT molecular complexity index is 911. The zero-order valence-corrected chi connectivity index (χ0v) is 17.3. The van der Waals surface area contributed by atoms with Crippen molar-refractivity contribution < 1.29 is 14.3 Å². The van der Waals surface area contributed by atoms with Crippen molar-refractivity contribution in [3.63, 3.8) is 0 Å². The van der Waals surface area contributed by atoms with Crippen LogP contribution in [0, 0.1) is 0 Å². The molecule has 0 radical (unpaired) electrons. The van der Waals surface area contributed by atoms with Crippen LogP contribution in [-0.2, 0) is 16.1 Å². The summed E-state index contributed by atoms with van der Waals surface area (Å²) in [5.41, 5.74) is 3.75. The molecule has 0 aromatic heterocycles. The number of anilines is 2. The Morgan fingerprint density at radius 2 is 1.83 bits per heavy atom. The molecule has 2 aliphatic rings. The van der Waals surface area contributed by atoms with E-state index >= 15 is 0 Å². The lowest BCUT2D eigenvalue weighted by Gasteiger charge is -2.31. The van der Waals surface area contributed by atoms with E-state index in [4.69, 9.17) is 4.74 Å². The minimum absolute atomic E-state index is 0.0571. The molecular weight excluding hydrogens is 380 g/mol. The van der Waals surface area contributed by atoms with Crippen LogP contribution in [0.3, 0.4) is 0 Å². The molecular formula is C23H28N4O3. The number of nitrogens with one attached hydrogen (secondary N) is 2. The van der Waals surface area contributed by atoms with E-state index in [1.807, 2.05) is 37.4 Å². The average molecular weight is 409 g/mol. The van der Waals surface area contributed by atoms with E-state index in [0.717, 1.165) is 37.6 Å². The summed E-state index contributed by atoms with van der Waals surface area (Å²) in [5, 5.41) is 6.23. The summed E-state index contributed by atoms with van der Waals surface area (Å²) >= 11 is 0. The second-order valence-corrected chi connectivity index (χ2v) is 7.73. The van der Waals surface area contributed by atoms with Crippen LogP contribution in [0.5, 0.6) is 0 Å². The number of nitrogens with zero attached hydrogens (tertiary/aromatic N) is 2. The third-order valence-corrected chi connectivity index (χ3v) is 5.63. The molecule has 1 unspecified atom stereocenters. The molecule has 2 aromatic rings. The van der Waals surface area contributed by atoms with Gasteiger partial charge in [0.1, 0.15) is 0 Å². The monoisotopic (exact) mass is 408 g/mol. The van der Waals surface area contributed by atoms with Crippen LogP contribution < -0.4 is 15.5 Å². The van der Waals surface area contributed by atoms with Crippen LogP contribution in [0.25, 0.3) is 0 Å². The van der Waals surface area contributed by atoms with Crippen LogP contribution in [0.4, 0.5) is 11.4 Å². The van der Waals surface area contributed by atoms with Gasteiger partial charge in [-0.1, -0.05) is 30.3 Å². The van der Waals surface area contributed by atoms with E-state index in [1.165, 1.54) is 5.69 Å². The second kappa shape index (κ2) is 9.17. The molecule has 1 fully saturated rings. The number of rotatable bonds is 6. The minimum atomic E-state index is -0.245. The smallest absolute Gasteiger partial charge is 0.254 e. The standard InChI is InChI=1S/C23H28N4O3/c1-26(16-17-6-2-5-9-20(17)27-12-14-30-15-13-27)22(28)11-10-21-24-19-8-4-3-7-18(19)23(29)25-21/h2-9,21,24H,10-16H2,1H3,(H,25,29). The fraction of sp³-hybridized carbons (Fsp3) is 0.391. The van der Waals surface area contributed by atoms with Gasteiger partial charge in [0, 0.05) is 44.5 Å². The molecule has 0 aliphatic carbocycles. The van der Waals surface area contributed by atoms with E-state index in [-0.39, 0.29) is 18.0 Å². The summed E-state index contributed by atoms with van der Waals surface area (Å²) in [7, 11) is 1.83. The van der Waals surface area contributed by atoms with E-state index in [0.29, 0.717) is 24.9 Å². The van der Waals surface area contributed by atoms with E-state index in [2.05, 4.69) is 27.7 Å². The van der Waals surface area contributed by atoms with Gasteiger partial charge in [0.25, 0.3) is 5.91 Å². The SMILES string of the molecule is CN(Cc1ccccc1N1CCOCC1)C(=O)CCC1NC(=O)c2ccccc2N1. The lowest BCUT2D eigenvalue weighted by Crippen LogP contribution is -2.45. The summed E-state index contributed by atoms with van der Waals surface area (Å²) in [6.07, 6.45) is 0.649. The third-order valence-electron chi connectivity index (χ3n) is 5.63. The van der Waals surface area contributed by atoms with Crippen molar-refractivity contribution in [2.24, 2.45) is 0 Å². The molecule has 2 aromatic carbocycles. The molecule has 158 valence electrons. The van der Waals surface area contributed by atoms with E-state index in [1.54, 1.807) is 11.0 Å². The first kappa shape index (κ1) is 20.2. The molecule has 0 saturated carbocycles. The molecule has 0 bridgehead atoms. The number of fused-ring (bicyclic) bond motifs is 1. The molecule has 2 aliphatic heterocycles. The highest BCUT2D eigenvalue weighted by Gasteiger charge is 2.24. The molecule has 2 amide bonds. The fourth-order valence-corrected chi connectivity index (χ4v) is 3.97. The molecule has 7 heteroatoms. The van der Waals surface area contributed by atoms with Crippen molar-refractivity contribution >= 4 is 23.2 Å². The normalized spacial score (nSPS) is 18.2. The highest BCUT2D eigenvalue weighted by atomic mass is 16.5. The Morgan fingerprint density at radius 1 is 1.10 bits per heavy atom. The second-order valence-electron chi connectivity index (χ2n) is 7.73. The number of hydrogen-bond acceptors (Lipinski definition) is 5. The minimum Gasteiger partial charge on any atom is -0.378 e. The van der Waals surface area contributed by atoms with Crippen LogP contribution in [0.15, 0.2) is 48.5 Å². The van der Waals surface area contributed by atoms with Gasteiger partial charge in [0.15, 0.2) is 0 Å². The first-order chi connectivity index (χ1) is 14.6. The number of benzene rings is 2. The zero-order chi connectivity index (χ0) is 20.9. The Labute approximate surface area is 177 Å². The van der Waals surface area contributed by atoms with Crippen molar-refractivity contribution in [1.29, 1.82) is 0 Å². The van der Waals surface area contributed by atoms with Gasteiger partial charge in [-0.05, 0) is 30.2 Å². The third kappa shape index (κ3) is 4.57. The quantitative estimate of drug-likeness (QED) is 0.768. The first-order valence-electron chi connectivity index (χ1n) is 10.4. The highest BCUT2D eigenvalue weighted by Crippen LogP contribution is 2.24. The molecule has 1 atom stereocenters. The van der Waals surface area contributed by atoms with Gasteiger partial charge in [-0.15, -0.1) is 0 Å². The summed E-state index contributed by atoms with van der Waals surface area (Å²) in [4.78, 5) is 29.1. The first-order valence-corrected chi connectivity index (χ1v) is 10.4. The molecule has 2 N–H and O–H groups in total. The van der Waals surface area contributed by atoms with Gasteiger partial charge in [0.2, 0.25) is 5.91 Å². The Balaban J connectivity index is 1.33. The molecule has 2 heterocycles. The van der Waals surface area contributed by atoms with Crippen LogP contribution in [0.2, 0.25) is 0 Å². The highest BCUT2D eigenvalue weighted by molar-refractivity contribution is 6.01. The topological polar surface area (TPSA) is 73.9 Å². The van der Waals surface area contributed by atoms with Gasteiger partial charge in [-0.2, -0.15) is 0 Å². The number of ether oxygens (including phenoxy) is 1. The predicted molar refractivity (Wildman–Crippen MR) is 117 cm³/mol. The molecule has 0 spiro atoms. The van der Waals surface area contributed by atoms with Crippen LogP contribution >= 0.6 is 0 Å². The largest absolute Gasteiger partial charge is 0.378 e. The van der Waals surface area contributed by atoms with Gasteiger partial charge >= 0.3 is 0 Å². The molecule has 7 nitrogen and oxygen atoms in total. The maximum atomic E-state index is 12.8. The van der Waals surface area contributed by atoms with Crippen molar-refractivity contribution in [2.45, 2.75) is 25.6 Å². The lowest BCUT2D eigenvalue weighted by molar-refractivity contribution is -0.130. The van der Waals surface area contributed by atoms with Crippen LogP contribution in [0.1, 0.15) is 28.8 Å². The maximum Gasteiger partial charge on any atom is 0.254 e. The Morgan fingerprint density at radius 3 is 2.67 bits per heavy atom.